The Bertz CT molecular complexity index is 1630. The number of nitrogens with one attached hydrogen (secondary N) is 2. The number of pyridine rings is 1. The molecular formula is C35H35N3O. The maximum absolute atomic E-state index is 13.9. The molecule has 2 N–H and O–H groups in total. The molecular weight excluding hydrogens is 478 g/mol. The molecule has 0 radical (unpaired) electrons. The van der Waals surface area contributed by atoms with Gasteiger partial charge in [0, 0.05) is 16.9 Å². The van der Waals surface area contributed by atoms with Gasteiger partial charge in [-0.25, -0.2) is 0 Å². The van der Waals surface area contributed by atoms with Gasteiger partial charge >= 0.3 is 0 Å². The average molecular weight is 514 g/mol. The molecule has 1 atom stereocenters. The summed E-state index contributed by atoms with van der Waals surface area (Å²) in [6, 6.07) is 35.4. The van der Waals surface area contributed by atoms with E-state index in [1.807, 2.05) is 53.1 Å². The van der Waals surface area contributed by atoms with E-state index in [0.29, 0.717) is 6.54 Å². The SMILES string of the molecule is Cc1ccccc1Cn1c(=O)c(-c2ccccc2)cc2ccc(Nc3ccc(CC4CCCNC4)cc3)cc21. The second-order valence-corrected chi connectivity index (χ2v) is 10.8. The van der Waals surface area contributed by atoms with E-state index in [1.165, 1.54) is 24.0 Å². The summed E-state index contributed by atoms with van der Waals surface area (Å²) >= 11 is 0. The Morgan fingerprint density at radius 2 is 1.64 bits per heavy atom. The topological polar surface area (TPSA) is 46.1 Å². The number of anilines is 2. The molecule has 1 aliphatic heterocycles. The first-order chi connectivity index (χ1) is 19.1. The van der Waals surface area contributed by atoms with E-state index < -0.39 is 0 Å². The molecule has 1 aromatic heterocycles. The van der Waals surface area contributed by atoms with Gasteiger partial charge in [-0.05, 0) is 103 Å². The first-order valence-corrected chi connectivity index (χ1v) is 14.0. The Morgan fingerprint density at radius 1 is 0.872 bits per heavy atom. The summed E-state index contributed by atoms with van der Waals surface area (Å²) in [7, 11) is 0. The van der Waals surface area contributed by atoms with Crippen molar-refractivity contribution >= 4 is 22.3 Å². The van der Waals surface area contributed by atoms with Crippen molar-refractivity contribution in [2.45, 2.75) is 32.7 Å². The minimum Gasteiger partial charge on any atom is -0.355 e. The summed E-state index contributed by atoms with van der Waals surface area (Å²) in [5.41, 5.74) is 8.34. The molecule has 1 fully saturated rings. The lowest BCUT2D eigenvalue weighted by molar-refractivity contribution is 0.376. The quantitative estimate of drug-likeness (QED) is 0.240. The van der Waals surface area contributed by atoms with Crippen LogP contribution < -0.4 is 16.2 Å². The summed E-state index contributed by atoms with van der Waals surface area (Å²) in [4.78, 5) is 13.9. The molecule has 4 nitrogen and oxygen atoms in total. The number of rotatable bonds is 7. The van der Waals surface area contributed by atoms with Crippen LogP contribution in [0.25, 0.3) is 22.0 Å². The van der Waals surface area contributed by atoms with Gasteiger partial charge in [0.1, 0.15) is 0 Å². The molecule has 4 heteroatoms. The summed E-state index contributed by atoms with van der Waals surface area (Å²) in [5.74, 6) is 0.726. The lowest BCUT2D eigenvalue weighted by Crippen LogP contribution is -2.30. The molecule has 0 saturated carbocycles. The van der Waals surface area contributed by atoms with Crippen molar-refractivity contribution in [3.05, 3.63) is 130 Å². The first-order valence-electron chi connectivity index (χ1n) is 14.0. The number of aromatic nitrogens is 1. The van der Waals surface area contributed by atoms with E-state index in [-0.39, 0.29) is 5.56 Å². The second kappa shape index (κ2) is 11.3. The van der Waals surface area contributed by atoms with Crippen LogP contribution >= 0.6 is 0 Å². The van der Waals surface area contributed by atoms with E-state index in [0.717, 1.165) is 64.4 Å². The number of hydrogen-bond acceptors (Lipinski definition) is 3. The summed E-state index contributed by atoms with van der Waals surface area (Å²) < 4.78 is 1.92. The van der Waals surface area contributed by atoms with E-state index in [2.05, 4.69) is 72.2 Å². The fourth-order valence-corrected chi connectivity index (χ4v) is 5.71. The average Bonchev–Trinajstić information content (AvgIpc) is 2.97. The van der Waals surface area contributed by atoms with Crippen LogP contribution in [0.5, 0.6) is 0 Å². The number of hydrogen-bond donors (Lipinski definition) is 2. The predicted octanol–water partition coefficient (Wildman–Crippen LogP) is 7.31. The number of aryl methyl sites for hydroxylation is 1. The zero-order chi connectivity index (χ0) is 26.6. The van der Waals surface area contributed by atoms with Crippen molar-refractivity contribution in [1.29, 1.82) is 0 Å². The second-order valence-electron chi connectivity index (χ2n) is 10.8. The fourth-order valence-electron chi connectivity index (χ4n) is 5.71. The number of piperidine rings is 1. The number of benzene rings is 4. The highest BCUT2D eigenvalue weighted by Crippen LogP contribution is 2.27. The van der Waals surface area contributed by atoms with Gasteiger partial charge in [-0.2, -0.15) is 0 Å². The summed E-state index contributed by atoms with van der Waals surface area (Å²) in [6.45, 7) is 4.90. The Kier molecular flexibility index (Phi) is 7.29. The highest BCUT2D eigenvalue weighted by Gasteiger charge is 2.15. The molecule has 4 aromatic carbocycles. The third-order valence-corrected chi connectivity index (χ3v) is 7.94. The van der Waals surface area contributed by atoms with E-state index in [1.54, 1.807) is 0 Å². The third-order valence-electron chi connectivity index (χ3n) is 7.94. The molecule has 0 amide bonds. The molecule has 0 bridgehead atoms. The van der Waals surface area contributed by atoms with Gasteiger partial charge in [0.25, 0.3) is 5.56 Å². The lowest BCUT2D eigenvalue weighted by Gasteiger charge is -2.22. The van der Waals surface area contributed by atoms with Crippen molar-refractivity contribution in [1.82, 2.24) is 9.88 Å². The van der Waals surface area contributed by atoms with Crippen molar-refractivity contribution in [3.8, 4) is 11.1 Å². The van der Waals surface area contributed by atoms with Crippen molar-refractivity contribution in [3.63, 3.8) is 0 Å². The van der Waals surface area contributed by atoms with Gasteiger partial charge in [-0.3, -0.25) is 4.79 Å². The van der Waals surface area contributed by atoms with Crippen molar-refractivity contribution < 1.29 is 0 Å². The molecule has 39 heavy (non-hydrogen) atoms. The molecule has 6 rings (SSSR count). The highest BCUT2D eigenvalue weighted by molar-refractivity contribution is 5.87. The zero-order valence-electron chi connectivity index (χ0n) is 22.5. The Balaban J connectivity index is 1.34. The highest BCUT2D eigenvalue weighted by atomic mass is 16.1. The minimum absolute atomic E-state index is 0.0238. The van der Waals surface area contributed by atoms with Crippen LogP contribution in [-0.2, 0) is 13.0 Å². The van der Waals surface area contributed by atoms with E-state index >= 15 is 0 Å². The summed E-state index contributed by atoms with van der Waals surface area (Å²) in [5, 5.41) is 8.13. The Hall–Kier alpha value is -4.15. The molecule has 5 aromatic rings. The van der Waals surface area contributed by atoms with Gasteiger partial charge in [0.15, 0.2) is 0 Å². The van der Waals surface area contributed by atoms with Crippen molar-refractivity contribution in [2.75, 3.05) is 18.4 Å². The normalized spacial score (nSPS) is 15.4. The van der Waals surface area contributed by atoms with Gasteiger partial charge in [0.2, 0.25) is 0 Å². The van der Waals surface area contributed by atoms with Crippen LogP contribution in [0.15, 0.2) is 108 Å². The van der Waals surface area contributed by atoms with Crippen LogP contribution in [-0.4, -0.2) is 17.7 Å². The van der Waals surface area contributed by atoms with Crippen molar-refractivity contribution in [2.24, 2.45) is 5.92 Å². The Labute approximate surface area is 230 Å². The standard InChI is InChI=1S/C35H35N3O/c1-25-8-5-6-12-30(25)24-38-34-22-32(18-15-29(34)21-33(35(38)39)28-10-3-2-4-11-28)37-31-16-13-26(14-17-31)20-27-9-7-19-36-23-27/h2-6,8,10-18,21-22,27,36-37H,7,9,19-20,23-24H2,1H3. The maximum Gasteiger partial charge on any atom is 0.259 e. The summed E-state index contributed by atoms with van der Waals surface area (Å²) in [6.07, 6.45) is 3.70. The number of fused-ring (bicyclic) bond motifs is 1. The minimum atomic E-state index is 0.0238. The third kappa shape index (κ3) is 5.67. The van der Waals surface area contributed by atoms with Gasteiger partial charge < -0.3 is 15.2 Å². The van der Waals surface area contributed by atoms with Gasteiger partial charge in [-0.1, -0.05) is 72.8 Å². The Morgan fingerprint density at radius 3 is 2.41 bits per heavy atom. The smallest absolute Gasteiger partial charge is 0.259 e. The van der Waals surface area contributed by atoms with Crippen LogP contribution in [0, 0.1) is 12.8 Å². The molecule has 1 saturated heterocycles. The van der Waals surface area contributed by atoms with E-state index in [4.69, 9.17) is 0 Å². The molecule has 1 unspecified atom stereocenters. The first kappa shape index (κ1) is 25.1. The van der Waals surface area contributed by atoms with E-state index in [9.17, 15) is 4.79 Å². The van der Waals surface area contributed by atoms with Crippen LogP contribution in [0.1, 0.15) is 29.5 Å². The molecule has 1 aliphatic rings. The predicted molar refractivity (Wildman–Crippen MR) is 163 cm³/mol. The fraction of sp³-hybridized carbons (Fsp3) is 0.229. The zero-order valence-corrected chi connectivity index (χ0v) is 22.5. The molecule has 2 heterocycles. The number of nitrogens with zero attached hydrogens (tertiary/aromatic N) is 1. The maximum atomic E-state index is 13.9. The largest absolute Gasteiger partial charge is 0.355 e. The van der Waals surface area contributed by atoms with Crippen LogP contribution in [0.2, 0.25) is 0 Å². The monoisotopic (exact) mass is 513 g/mol. The molecule has 0 spiro atoms. The van der Waals surface area contributed by atoms with Crippen LogP contribution in [0.3, 0.4) is 0 Å². The van der Waals surface area contributed by atoms with Crippen LogP contribution in [0.4, 0.5) is 11.4 Å². The van der Waals surface area contributed by atoms with Gasteiger partial charge in [-0.15, -0.1) is 0 Å². The van der Waals surface area contributed by atoms with Gasteiger partial charge in [0.05, 0.1) is 12.1 Å². The molecule has 0 aliphatic carbocycles. The molecule has 196 valence electrons. The lowest BCUT2D eigenvalue weighted by atomic mass is 9.92.